The molecule has 0 aromatic heterocycles. The maximum Gasteiger partial charge on any atom is 0.136 e. The molecular weight excluding hydrogens is 280 g/mol. The van der Waals surface area contributed by atoms with Crippen molar-refractivity contribution in [3.05, 3.63) is 33.1 Å². The fraction of sp³-hybridized carbons (Fsp3) is 0.400. The molecule has 2 rings (SSSR count). The van der Waals surface area contributed by atoms with E-state index in [4.69, 9.17) is 5.73 Å². The maximum absolute atomic E-state index is 13.2. The Hall–Kier alpha value is -0.160. The van der Waals surface area contributed by atoms with Crippen molar-refractivity contribution in [3.63, 3.8) is 0 Å². The molecule has 1 nitrogen and oxygen atoms in total. The van der Waals surface area contributed by atoms with Gasteiger partial charge in [-0.2, -0.15) is 0 Å². The van der Waals surface area contributed by atoms with Crippen molar-refractivity contribution < 1.29 is 4.39 Å². The molecule has 1 aromatic carbocycles. The minimum atomic E-state index is -0.127. The highest BCUT2D eigenvalue weighted by atomic mass is 127. The average Bonchev–Trinajstić information content (AvgIpc) is 2.90. The molecule has 0 spiro atoms. The van der Waals surface area contributed by atoms with E-state index in [9.17, 15) is 4.39 Å². The summed E-state index contributed by atoms with van der Waals surface area (Å²) in [7, 11) is 0. The Balaban J connectivity index is 2.37. The molecule has 0 amide bonds. The van der Waals surface area contributed by atoms with Crippen molar-refractivity contribution in [1.29, 1.82) is 0 Å². The SMILES string of the molecule is NCC1(c2ccc(I)c(F)c2)CC1. The molecule has 0 atom stereocenters. The average molecular weight is 291 g/mol. The van der Waals surface area contributed by atoms with Crippen LogP contribution in [0.15, 0.2) is 18.2 Å². The molecular formula is C10H11FIN. The van der Waals surface area contributed by atoms with Gasteiger partial charge in [0.05, 0.1) is 0 Å². The first kappa shape index (κ1) is 9.40. The number of halogens is 2. The molecule has 0 saturated heterocycles. The predicted octanol–water partition coefficient (Wildman–Crippen LogP) is 2.42. The molecule has 13 heavy (non-hydrogen) atoms. The zero-order valence-electron chi connectivity index (χ0n) is 7.19. The number of hydrogen-bond acceptors (Lipinski definition) is 1. The molecule has 0 bridgehead atoms. The van der Waals surface area contributed by atoms with Crippen LogP contribution in [0.2, 0.25) is 0 Å². The van der Waals surface area contributed by atoms with E-state index in [1.807, 2.05) is 34.7 Å². The molecule has 0 heterocycles. The lowest BCUT2D eigenvalue weighted by Crippen LogP contribution is -2.19. The van der Waals surface area contributed by atoms with Crippen LogP contribution in [0, 0.1) is 9.39 Å². The molecule has 0 radical (unpaired) electrons. The van der Waals surface area contributed by atoms with Crippen LogP contribution in [0.4, 0.5) is 4.39 Å². The van der Waals surface area contributed by atoms with Gasteiger partial charge >= 0.3 is 0 Å². The molecule has 1 aromatic rings. The van der Waals surface area contributed by atoms with Crippen molar-refractivity contribution in [2.75, 3.05) is 6.54 Å². The van der Waals surface area contributed by atoms with Gasteiger partial charge in [-0.25, -0.2) is 4.39 Å². The van der Waals surface area contributed by atoms with Crippen LogP contribution in [-0.4, -0.2) is 6.54 Å². The summed E-state index contributed by atoms with van der Waals surface area (Å²) in [5.41, 5.74) is 6.83. The topological polar surface area (TPSA) is 26.0 Å². The summed E-state index contributed by atoms with van der Waals surface area (Å²) < 4.78 is 13.9. The highest BCUT2D eigenvalue weighted by molar-refractivity contribution is 14.1. The zero-order chi connectivity index (χ0) is 9.47. The number of benzene rings is 1. The van der Waals surface area contributed by atoms with Crippen molar-refractivity contribution >= 4 is 22.6 Å². The maximum atomic E-state index is 13.2. The van der Waals surface area contributed by atoms with Gasteiger partial charge in [-0.1, -0.05) is 6.07 Å². The second-order valence-electron chi connectivity index (χ2n) is 3.61. The van der Waals surface area contributed by atoms with E-state index < -0.39 is 0 Å². The van der Waals surface area contributed by atoms with Crippen molar-refractivity contribution in [1.82, 2.24) is 0 Å². The van der Waals surface area contributed by atoms with E-state index in [0.29, 0.717) is 10.1 Å². The van der Waals surface area contributed by atoms with Crippen molar-refractivity contribution in [2.24, 2.45) is 5.73 Å². The number of nitrogens with two attached hydrogens (primary N) is 1. The molecule has 0 aliphatic heterocycles. The van der Waals surface area contributed by atoms with Gasteiger partial charge < -0.3 is 5.73 Å². The summed E-state index contributed by atoms with van der Waals surface area (Å²) >= 11 is 2.00. The quantitative estimate of drug-likeness (QED) is 0.832. The van der Waals surface area contributed by atoms with Gasteiger partial charge in [0.15, 0.2) is 0 Å². The highest BCUT2D eigenvalue weighted by Crippen LogP contribution is 2.47. The Morgan fingerprint density at radius 3 is 2.62 bits per heavy atom. The van der Waals surface area contributed by atoms with Crippen LogP contribution < -0.4 is 5.73 Å². The fourth-order valence-electron chi connectivity index (χ4n) is 1.59. The monoisotopic (exact) mass is 291 g/mol. The molecule has 70 valence electrons. The van der Waals surface area contributed by atoms with Gasteiger partial charge in [0.1, 0.15) is 5.82 Å². The third-order valence-corrected chi connectivity index (χ3v) is 3.65. The highest BCUT2D eigenvalue weighted by Gasteiger charge is 2.42. The third-order valence-electron chi connectivity index (χ3n) is 2.78. The number of rotatable bonds is 2. The summed E-state index contributed by atoms with van der Waals surface area (Å²) in [4.78, 5) is 0. The van der Waals surface area contributed by atoms with E-state index >= 15 is 0 Å². The Bertz CT molecular complexity index is 334. The molecule has 1 fully saturated rings. The summed E-state index contributed by atoms with van der Waals surface area (Å²) in [6, 6.07) is 5.44. The molecule has 1 aliphatic carbocycles. The first-order valence-electron chi connectivity index (χ1n) is 4.33. The van der Waals surface area contributed by atoms with Gasteiger partial charge in [0.25, 0.3) is 0 Å². The van der Waals surface area contributed by atoms with Crippen molar-refractivity contribution in [3.8, 4) is 0 Å². The Morgan fingerprint density at radius 2 is 2.15 bits per heavy atom. The predicted molar refractivity (Wildman–Crippen MR) is 59.1 cm³/mol. The van der Waals surface area contributed by atoms with Gasteiger partial charge in [-0.05, 0) is 53.1 Å². The normalized spacial score (nSPS) is 18.7. The van der Waals surface area contributed by atoms with Gasteiger partial charge in [-0.3, -0.25) is 0 Å². The molecule has 1 saturated carbocycles. The smallest absolute Gasteiger partial charge is 0.136 e. The summed E-state index contributed by atoms with van der Waals surface area (Å²) in [6.45, 7) is 0.632. The Morgan fingerprint density at radius 1 is 1.46 bits per heavy atom. The Labute approximate surface area is 90.7 Å². The second kappa shape index (κ2) is 3.20. The standard InChI is InChI=1S/C10H11FIN/c11-8-5-7(1-2-9(8)12)10(6-13)3-4-10/h1-2,5H,3-4,6,13H2. The van der Waals surface area contributed by atoms with Crippen LogP contribution in [0.25, 0.3) is 0 Å². The van der Waals surface area contributed by atoms with Crippen LogP contribution in [0.5, 0.6) is 0 Å². The van der Waals surface area contributed by atoms with E-state index in [2.05, 4.69) is 0 Å². The van der Waals surface area contributed by atoms with Crippen LogP contribution in [0.1, 0.15) is 18.4 Å². The molecule has 1 aliphatic rings. The first-order valence-corrected chi connectivity index (χ1v) is 5.41. The second-order valence-corrected chi connectivity index (χ2v) is 4.78. The van der Waals surface area contributed by atoms with E-state index in [1.54, 1.807) is 6.07 Å². The molecule has 2 N–H and O–H groups in total. The number of hydrogen-bond donors (Lipinski definition) is 1. The fourth-order valence-corrected chi connectivity index (χ4v) is 1.92. The van der Waals surface area contributed by atoms with Crippen LogP contribution >= 0.6 is 22.6 Å². The lowest BCUT2D eigenvalue weighted by molar-refractivity contribution is 0.609. The van der Waals surface area contributed by atoms with Crippen molar-refractivity contribution in [2.45, 2.75) is 18.3 Å². The van der Waals surface area contributed by atoms with E-state index in [-0.39, 0.29) is 11.2 Å². The minimum Gasteiger partial charge on any atom is -0.330 e. The Kier molecular flexibility index (Phi) is 2.32. The summed E-state index contributed by atoms with van der Waals surface area (Å²) in [5, 5.41) is 0. The first-order chi connectivity index (χ1) is 6.18. The zero-order valence-corrected chi connectivity index (χ0v) is 9.34. The summed E-state index contributed by atoms with van der Waals surface area (Å²) in [6.07, 6.45) is 2.20. The summed E-state index contributed by atoms with van der Waals surface area (Å²) in [5.74, 6) is -0.127. The van der Waals surface area contributed by atoms with E-state index in [0.717, 1.165) is 18.4 Å². The van der Waals surface area contributed by atoms with Gasteiger partial charge in [0, 0.05) is 15.5 Å². The minimum absolute atomic E-state index is 0.102. The third kappa shape index (κ3) is 1.59. The largest absolute Gasteiger partial charge is 0.330 e. The lowest BCUT2D eigenvalue weighted by atomic mass is 9.96. The lowest BCUT2D eigenvalue weighted by Gasteiger charge is -2.12. The molecule has 3 heteroatoms. The van der Waals surface area contributed by atoms with Gasteiger partial charge in [0.2, 0.25) is 0 Å². The van der Waals surface area contributed by atoms with Gasteiger partial charge in [-0.15, -0.1) is 0 Å². The van der Waals surface area contributed by atoms with E-state index in [1.165, 1.54) is 0 Å². The van der Waals surface area contributed by atoms with Crippen LogP contribution in [0.3, 0.4) is 0 Å². The molecule has 0 unspecified atom stereocenters. The van der Waals surface area contributed by atoms with Crippen LogP contribution in [-0.2, 0) is 5.41 Å².